The molecule has 1 aliphatic rings. The Morgan fingerprint density at radius 2 is 1.91 bits per heavy atom. The maximum absolute atomic E-state index is 13.6. The highest BCUT2D eigenvalue weighted by molar-refractivity contribution is 7.90. The quantitative estimate of drug-likeness (QED) is 0.357. The van der Waals surface area contributed by atoms with Crippen molar-refractivity contribution in [1.29, 1.82) is 0 Å². The largest absolute Gasteiger partial charge is 0.597 e. The van der Waals surface area contributed by atoms with Crippen LogP contribution < -0.4 is 4.90 Å². The molecule has 0 bridgehead atoms. The number of rotatable bonds is 8. The fourth-order valence-electron chi connectivity index (χ4n) is 3.79. The molecule has 1 aromatic rings. The van der Waals surface area contributed by atoms with Crippen molar-refractivity contribution in [2.75, 3.05) is 18.5 Å². The van der Waals surface area contributed by atoms with Crippen LogP contribution in [0.15, 0.2) is 12.1 Å². The molecule has 0 saturated carbocycles. The lowest BCUT2D eigenvalue weighted by Crippen LogP contribution is -2.48. The second kappa shape index (κ2) is 11.3. The standard InChI is InChI=1S/C24H39F2N3O3S/c1-23(2,3)32-22(30)29-16-10-11-17-14-15-18(27-21(17)29)12-8-9-13-19(20(25)26)28(7)33(31)24(4,5)6/h14-15,19-20H,8-13,16H2,1-7H3/t19-,33+/m1/s1. The minimum Gasteiger partial charge on any atom is -0.597 e. The number of nitrogens with zero attached hydrogens (tertiary/aromatic N) is 3. The Labute approximate surface area is 200 Å². The number of carbonyl (C=O) groups is 1. The van der Waals surface area contributed by atoms with Crippen molar-refractivity contribution in [1.82, 2.24) is 9.29 Å². The number of aromatic nitrogens is 1. The first-order chi connectivity index (χ1) is 15.2. The SMILES string of the molecule is CN([C@H](CCCCc1ccc2c(n1)N(C(=O)OC(C)(C)C)CCC2)C(F)F)[S@@+]([O-])C(C)(C)C. The normalized spacial score (nSPS) is 16.7. The first-order valence-electron chi connectivity index (χ1n) is 11.6. The van der Waals surface area contributed by atoms with Crippen molar-refractivity contribution in [3.05, 3.63) is 23.4 Å². The molecular formula is C24H39F2N3O3S. The predicted molar refractivity (Wildman–Crippen MR) is 129 cm³/mol. The molecule has 0 saturated heterocycles. The summed E-state index contributed by atoms with van der Waals surface area (Å²) in [6.45, 7) is 11.4. The Hall–Kier alpha value is -1.45. The van der Waals surface area contributed by atoms with E-state index in [1.807, 2.05) is 32.9 Å². The lowest BCUT2D eigenvalue weighted by atomic mass is 10.0. The summed E-state index contributed by atoms with van der Waals surface area (Å²) in [6, 6.07) is 2.89. The van der Waals surface area contributed by atoms with Crippen LogP contribution in [-0.2, 0) is 28.9 Å². The third-order valence-electron chi connectivity index (χ3n) is 5.44. The summed E-state index contributed by atoms with van der Waals surface area (Å²) in [7, 11) is 1.51. The number of ether oxygens (including phenoxy) is 1. The lowest BCUT2D eigenvalue weighted by Gasteiger charge is -2.34. The van der Waals surface area contributed by atoms with Gasteiger partial charge in [0.2, 0.25) is 0 Å². The Morgan fingerprint density at radius 1 is 1.24 bits per heavy atom. The van der Waals surface area contributed by atoms with Crippen molar-refractivity contribution in [2.24, 2.45) is 0 Å². The molecule has 9 heteroatoms. The number of anilines is 1. The Bertz CT molecular complexity index is 796. The second-order valence-electron chi connectivity index (χ2n) is 10.6. The lowest BCUT2D eigenvalue weighted by molar-refractivity contribution is 0.0576. The van der Waals surface area contributed by atoms with E-state index >= 15 is 0 Å². The van der Waals surface area contributed by atoms with Crippen molar-refractivity contribution in [2.45, 2.75) is 103 Å². The van der Waals surface area contributed by atoms with E-state index < -0.39 is 40.3 Å². The summed E-state index contributed by atoms with van der Waals surface area (Å²) in [5.41, 5.74) is 1.25. The number of amides is 1. The Kier molecular flexibility index (Phi) is 9.53. The van der Waals surface area contributed by atoms with E-state index in [4.69, 9.17) is 9.72 Å². The number of hydrogen-bond acceptors (Lipinski definition) is 5. The number of halogens is 2. The van der Waals surface area contributed by atoms with Crippen LogP contribution in [0.5, 0.6) is 0 Å². The van der Waals surface area contributed by atoms with Gasteiger partial charge in [0.1, 0.15) is 22.2 Å². The molecule has 2 heterocycles. The molecule has 0 fully saturated rings. The van der Waals surface area contributed by atoms with Crippen LogP contribution in [0.1, 0.15) is 78.5 Å². The van der Waals surface area contributed by atoms with Crippen molar-refractivity contribution < 1.29 is 22.9 Å². The van der Waals surface area contributed by atoms with Crippen molar-refractivity contribution >= 4 is 23.3 Å². The number of fused-ring (bicyclic) bond motifs is 1. The summed E-state index contributed by atoms with van der Waals surface area (Å²) in [5.74, 6) is 0.638. The first-order valence-corrected chi connectivity index (χ1v) is 12.7. The smallest absolute Gasteiger partial charge is 0.416 e. The number of aryl methyl sites for hydroxylation is 2. The first kappa shape index (κ1) is 27.8. The molecule has 0 aliphatic carbocycles. The zero-order valence-corrected chi connectivity index (χ0v) is 21.8. The maximum Gasteiger partial charge on any atom is 0.416 e. The van der Waals surface area contributed by atoms with Crippen LogP contribution in [0.4, 0.5) is 19.4 Å². The number of hydrogen-bond donors (Lipinski definition) is 0. The minimum atomic E-state index is -2.56. The monoisotopic (exact) mass is 487 g/mol. The van der Waals surface area contributed by atoms with E-state index in [1.54, 1.807) is 25.7 Å². The van der Waals surface area contributed by atoms with Crippen LogP contribution in [0.25, 0.3) is 0 Å². The number of carbonyl (C=O) groups excluding carboxylic acids is 1. The number of alkyl halides is 2. The fourth-order valence-corrected chi connectivity index (χ4v) is 5.10. The van der Waals surface area contributed by atoms with E-state index in [9.17, 15) is 18.1 Å². The highest BCUT2D eigenvalue weighted by Crippen LogP contribution is 2.28. The van der Waals surface area contributed by atoms with E-state index in [0.717, 1.165) is 24.1 Å². The van der Waals surface area contributed by atoms with Gasteiger partial charge in [-0.05, 0) is 85.3 Å². The highest BCUT2D eigenvalue weighted by Gasteiger charge is 2.38. The predicted octanol–water partition coefficient (Wildman–Crippen LogP) is 5.51. The number of pyridine rings is 1. The molecule has 2 rings (SSSR count). The van der Waals surface area contributed by atoms with E-state index in [-0.39, 0.29) is 6.42 Å². The van der Waals surface area contributed by atoms with Gasteiger partial charge in [-0.15, -0.1) is 4.31 Å². The van der Waals surface area contributed by atoms with Gasteiger partial charge >= 0.3 is 6.09 Å². The molecular weight excluding hydrogens is 448 g/mol. The number of unbranched alkanes of at least 4 members (excludes halogenated alkanes) is 1. The molecule has 0 aromatic carbocycles. The molecule has 1 aliphatic heterocycles. The van der Waals surface area contributed by atoms with Crippen LogP contribution in [0.3, 0.4) is 0 Å². The molecule has 33 heavy (non-hydrogen) atoms. The molecule has 1 aromatic heterocycles. The second-order valence-corrected chi connectivity index (χ2v) is 12.9. The summed E-state index contributed by atoms with van der Waals surface area (Å²) in [5, 5.41) is 0. The zero-order chi connectivity index (χ0) is 25.0. The molecule has 0 spiro atoms. The van der Waals surface area contributed by atoms with Crippen LogP contribution >= 0.6 is 0 Å². The average Bonchev–Trinajstić information content (AvgIpc) is 2.69. The van der Waals surface area contributed by atoms with E-state index in [2.05, 4.69) is 0 Å². The van der Waals surface area contributed by atoms with E-state index in [1.165, 1.54) is 11.4 Å². The van der Waals surface area contributed by atoms with Crippen LogP contribution in [0.2, 0.25) is 0 Å². The summed E-state index contributed by atoms with van der Waals surface area (Å²) in [6.07, 6.45) is 0.865. The molecule has 2 atom stereocenters. The fraction of sp³-hybridized carbons (Fsp3) is 0.750. The topological polar surface area (TPSA) is 68.7 Å². The summed E-state index contributed by atoms with van der Waals surface area (Å²) >= 11 is -1.50. The molecule has 188 valence electrons. The minimum absolute atomic E-state index is 0.255. The van der Waals surface area contributed by atoms with Gasteiger partial charge in [-0.2, -0.15) is 0 Å². The van der Waals surface area contributed by atoms with Gasteiger partial charge in [-0.3, -0.25) is 4.90 Å². The zero-order valence-electron chi connectivity index (χ0n) is 21.0. The molecule has 6 nitrogen and oxygen atoms in total. The van der Waals surface area contributed by atoms with Crippen molar-refractivity contribution in [3.8, 4) is 0 Å². The van der Waals surface area contributed by atoms with Gasteiger partial charge in [-0.1, -0.05) is 12.5 Å². The van der Waals surface area contributed by atoms with E-state index in [0.29, 0.717) is 31.6 Å². The Morgan fingerprint density at radius 3 is 2.48 bits per heavy atom. The summed E-state index contributed by atoms with van der Waals surface area (Å²) in [4.78, 5) is 18.9. The van der Waals surface area contributed by atoms with Gasteiger partial charge in [0.15, 0.2) is 0 Å². The third-order valence-corrected chi connectivity index (χ3v) is 7.28. The highest BCUT2D eigenvalue weighted by atomic mass is 32.2. The van der Waals surface area contributed by atoms with Gasteiger partial charge in [0.25, 0.3) is 6.43 Å². The van der Waals surface area contributed by atoms with Crippen LogP contribution in [-0.4, -0.2) is 56.3 Å². The van der Waals surface area contributed by atoms with Gasteiger partial charge < -0.3 is 9.29 Å². The molecule has 0 N–H and O–H groups in total. The Balaban J connectivity index is 1.99. The molecule has 1 amide bonds. The van der Waals surface area contributed by atoms with Crippen LogP contribution in [0, 0.1) is 0 Å². The van der Waals surface area contributed by atoms with Gasteiger partial charge in [-0.25, -0.2) is 18.6 Å². The third kappa shape index (κ3) is 8.07. The van der Waals surface area contributed by atoms with Gasteiger partial charge in [0, 0.05) is 30.6 Å². The van der Waals surface area contributed by atoms with Crippen molar-refractivity contribution in [3.63, 3.8) is 0 Å². The average molecular weight is 488 g/mol. The molecule has 0 unspecified atom stereocenters. The molecule has 0 radical (unpaired) electrons. The summed E-state index contributed by atoms with van der Waals surface area (Å²) < 4.78 is 46.0. The van der Waals surface area contributed by atoms with Gasteiger partial charge in [0.05, 0.1) is 0 Å². The maximum atomic E-state index is 13.6.